The quantitative estimate of drug-likeness (QED) is 0.267. The summed E-state index contributed by atoms with van der Waals surface area (Å²) in [7, 11) is 0. The van der Waals surface area contributed by atoms with E-state index in [1.165, 1.54) is 0 Å². The van der Waals surface area contributed by atoms with Gasteiger partial charge < -0.3 is 25.8 Å². The zero-order valence-electron chi connectivity index (χ0n) is 22.5. The van der Waals surface area contributed by atoms with E-state index in [9.17, 15) is 28.4 Å². The van der Waals surface area contributed by atoms with Crippen LogP contribution in [-0.4, -0.2) is 65.2 Å². The molecule has 0 saturated carbocycles. The third kappa shape index (κ3) is 12.5. The normalized spacial score (nSPS) is 13.9. The number of alkyl halides is 1. The van der Waals surface area contributed by atoms with Crippen molar-refractivity contribution in [1.82, 2.24) is 16.0 Å². The van der Waals surface area contributed by atoms with Gasteiger partial charge in [-0.05, 0) is 45.1 Å². The van der Waals surface area contributed by atoms with Crippen LogP contribution in [0, 0.1) is 5.92 Å². The van der Waals surface area contributed by atoms with Gasteiger partial charge in [0.15, 0.2) is 0 Å². The van der Waals surface area contributed by atoms with E-state index >= 15 is 0 Å². The fourth-order valence-electron chi connectivity index (χ4n) is 3.36. The molecule has 38 heavy (non-hydrogen) atoms. The van der Waals surface area contributed by atoms with Crippen LogP contribution in [0.25, 0.3) is 6.08 Å². The Bertz CT molecular complexity index is 990. The first-order chi connectivity index (χ1) is 17.7. The number of hydrogen-bond acceptors (Lipinski definition) is 6. The van der Waals surface area contributed by atoms with E-state index in [1.807, 2.05) is 30.3 Å². The first-order valence-corrected chi connectivity index (χ1v) is 12.4. The molecule has 3 atom stereocenters. The number of aliphatic carboxylic acids is 1. The van der Waals surface area contributed by atoms with Crippen molar-refractivity contribution in [3.05, 3.63) is 42.0 Å². The first-order valence-electron chi connectivity index (χ1n) is 12.4. The molecule has 0 aromatic heterocycles. The molecule has 0 aliphatic rings. The highest BCUT2D eigenvalue weighted by Gasteiger charge is 2.32. The lowest BCUT2D eigenvalue weighted by molar-refractivity contribution is -0.150. The SMILES string of the molecule is CC(C)CC(NC(=O)[C@H](C/C=C/c1ccccc1)NC(=O)OC(C)(C)C)C(=O)NC(CCF)C(=O)C(=O)O. The molecule has 0 heterocycles. The number of carboxylic acid groups (broad SMARTS) is 1. The van der Waals surface area contributed by atoms with E-state index in [-0.39, 0.29) is 18.8 Å². The Morgan fingerprint density at radius 3 is 2.05 bits per heavy atom. The molecular formula is C27H38FN3O7. The lowest BCUT2D eigenvalue weighted by atomic mass is 10.0. The number of carboxylic acids is 1. The maximum absolute atomic E-state index is 13.2. The molecule has 4 N–H and O–H groups in total. The van der Waals surface area contributed by atoms with Crippen molar-refractivity contribution < 1.29 is 38.2 Å². The number of ether oxygens (including phenoxy) is 1. The molecule has 0 fully saturated rings. The number of Topliss-reactive ketones (excluding diaryl/α,β-unsaturated/α-hetero) is 1. The summed E-state index contributed by atoms with van der Waals surface area (Å²) in [5, 5.41) is 16.3. The summed E-state index contributed by atoms with van der Waals surface area (Å²) in [6, 6.07) is 5.42. The molecule has 0 bridgehead atoms. The summed E-state index contributed by atoms with van der Waals surface area (Å²) < 4.78 is 18.2. The van der Waals surface area contributed by atoms with Crippen molar-refractivity contribution in [2.75, 3.05) is 6.67 Å². The largest absolute Gasteiger partial charge is 0.475 e. The highest BCUT2D eigenvalue weighted by atomic mass is 19.1. The second-order valence-electron chi connectivity index (χ2n) is 10.1. The molecule has 0 radical (unpaired) electrons. The van der Waals surface area contributed by atoms with Crippen LogP contribution in [0.15, 0.2) is 36.4 Å². The van der Waals surface area contributed by atoms with Gasteiger partial charge in [-0.2, -0.15) is 0 Å². The Balaban J connectivity index is 3.11. The average molecular weight is 536 g/mol. The van der Waals surface area contributed by atoms with Gasteiger partial charge in [0, 0.05) is 6.42 Å². The highest BCUT2D eigenvalue weighted by Crippen LogP contribution is 2.11. The zero-order valence-corrected chi connectivity index (χ0v) is 22.5. The number of halogens is 1. The van der Waals surface area contributed by atoms with Crippen LogP contribution in [0.2, 0.25) is 0 Å². The number of carbonyl (C=O) groups excluding carboxylic acids is 4. The standard InChI is InChI=1S/C27H38FN3O7/c1-17(2)16-21(24(34)29-19(14-15-28)22(32)25(35)36)30-23(33)20(31-26(37)38-27(3,4)5)13-9-12-18-10-7-6-8-11-18/h6-12,17,19-21H,13-16H2,1-5H3,(H,29,34)(H,30,33)(H,31,37)(H,35,36)/b12-9+/t19?,20-,21?/m0/s1. The van der Waals surface area contributed by atoms with Gasteiger partial charge >= 0.3 is 12.1 Å². The number of nitrogens with one attached hydrogen (secondary N) is 3. The summed E-state index contributed by atoms with van der Waals surface area (Å²) >= 11 is 0. The summed E-state index contributed by atoms with van der Waals surface area (Å²) in [6.45, 7) is 7.59. The van der Waals surface area contributed by atoms with Gasteiger partial charge in [-0.3, -0.25) is 18.8 Å². The fourth-order valence-corrected chi connectivity index (χ4v) is 3.36. The van der Waals surface area contributed by atoms with Gasteiger partial charge in [-0.25, -0.2) is 9.59 Å². The predicted octanol–water partition coefficient (Wildman–Crippen LogP) is 3.01. The van der Waals surface area contributed by atoms with E-state index in [2.05, 4.69) is 16.0 Å². The van der Waals surface area contributed by atoms with Gasteiger partial charge in [0.2, 0.25) is 11.8 Å². The Hall–Kier alpha value is -3.76. The van der Waals surface area contributed by atoms with Crippen molar-refractivity contribution in [3.63, 3.8) is 0 Å². The van der Waals surface area contributed by atoms with Crippen LogP contribution in [0.3, 0.4) is 0 Å². The van der Waals surface area contributed by atoms with Crippen molar-refractivity contribution in [1.29, 1.82) is 0 Å². The van der Waals surface area contributed by atoms with Crippen molar-refractivity contribution in [2.24, 2.45) is 5.92 Å². The molecule has 2 unspecified atom stereocenters. The lowest BCUT2D eigenvalue weighted by Gasteiger charge is -2.26. The summed E-state index contributed by atoms with van der Waals surface area (Å²) in [5.41, 5.74) is 0.0654. The third-order valence-corrected chi connectivity index (χ3v) is 5.07. The number of benzene rings is 1. The molecule has 0 saturated heterocycles. The monoisotopic (exact) mass is 535 g/mol. The minimum atomic E-state index is -1.81. The molecular weight excluding hydrogens is 497 g/mol. The van der Waals surface area contributed by atoms with Gasteiger partial charge in [0.1, 0.15) is 23.7 Å². The molecule has 0 aliphatic heterocycles. The Labute approximate surface area is 222 Å². The van der Waals surface area contributed by atoms with E-state index < -0.39 is 66.5 Å². The fraction of sp³-hybridized carbons (Fsp3) is 0.519. The second-order valence-corrected chi connectivity index (χ2v) is 10.1. The summed E-state index contributed by atoms with van der Waals surface area (Å²) in [5.74, 6) is -4.78. The Morgan fingerprint density at radius 2 is 1.53 bits per heavy atom. The number of rotatable bonds is 14. The van der Waals surface area contributed by atoms with Crippen molar-refractivity contribution in [2.45, 2.75) is 77.6 Å². The van der Waals surface area contributed by atoms with Gasteiger partial charge in [0.25, 0.3) is 5.78 Å². The molecule has 210 valence electrons. The smallest absolute Gasteiger partial charge is 0.408 e. The van der Waals surface area contributed by atoms with Crippen molar-refractivity contribution in [3.8, 4) is 0 Å². The molecule has 3 amide bonds. The predicted molar refractivity (Wildman–Crippen MR) is 140 cm³/mol. The van der Waals surface area contributed by atoms with Gasteiger partial charge in [0.05, 0.1) is 6.67 Å². The first kappa shape index (κ1) is 32.3. The lowest BCUT2D eigenvalue weighted by Crippen LogP contribution is -2.56. The maximum atomic E-state index is 13.2. The zero-order chi connectivity index (χ0) is 28.9. The molecule has 1 rings (SSSR count). The van der Waals surface area contributed by atoms with E-state index in [4.69, 9.17) is 9.84 Å². The molecule has 0 spiro atoms. The van der Waals surface area contributed by atoms with E-state index in [1.54, 1.807) is 46.8 Å². The number of alkyl carbamates (subject to hydrolysis) is 1. The minimum Gasteiger partial charge on any atom is -0.475 e. The van der Waals surface area contributed by atoms with Gasteiger partial charge in [-0.1, -0.05) is 56.3 Å². The maximum Gasteiger partial charge on any atom is 0.408 e. The van der Waals surface area contributed by atoms with Crippen LogP contribution in [0.1, 0.15) is 59.4 Å². The third-order valence-electron chi connectivity index (χ3n) is 5.07. The number of amides is 3. The van der Waals surface area contributed by atoms with Crippen LogP contribution >= 0.6 is 0 Å². The molecule has 10 nitrogen and oxygen atoms in total. The van der Waals surface area contributed by atoms with Crippen LogP contribution in [0.5, 0.6) is 0 Å². The Kier molecular flexibility index (Phi) is 13.1. The summed E-state index contributed by atoms with van der Waals surface area (Å²) in [4.78, 5) is 61.5. The second kappa shape index (κ2) is 15.5. The average Bonchev–Trinajstić information content (AvgIpc) is 2.81. The molecule has 1 aromatic carbocycles. The number of carbonyl (C=O) groups is 5. The highest BCUT2D eigenvalue weighted by molar-refractivity contribution is 6.35. The van der Waals surface area contributed by atoms with Crippen LogP contribution in [0.4, 0.5) is 9.18 Å². The van der Waals surface area contributed by atoms with E-state index in [0.717, 1.165) is 5.56 Å². The van der Waals surface area contributed by atoms with Crippen LogP contribution in [-0.2, 0) is 23.9 Å². The number of hydrogen-bond donors (Lipinski definition) is 4. The number of ketones is 1. The van der Waals surface area contributed by atoms with Gasteiger partial charge in [-0.15, -0.1) is 0 Å². The Morgan fingerprint density at radius 1 is 0.947 bits per heavy atom. The van der Waals surface area contributed by atoms with Crippen LogP contribution < -0.4 is 16.0 Å². The molecule has 11 heteroatoms. The molecule has 0 aliphatic carbocycles. The molecule has 1 aromatic rings. The topological polar surface area (TPSA) is 151 Å². The van der Waals surface area contributed by atoms with E-state index in [0.29, 0.717) is 0 Å². The minimum absolute atomic E-state index is 0.0674. The summed E-state index contributed by atoms with van der Waals surface area (Å²) in [6.07, 6.45) is 2.32. The van der Waals surface area contributed by atoms with Crippen molar-refractivity contribution >= 4 is 35.7 Å².